The van der Waals surface area contributed by atoms with Crippen molar-refractivity contribution in [3.8, 4) is 16.9 Å². The van der Waals surface area contributed by atoms with Gasteiger partial charge in [0.05, 0.1) is 35.0 Å². The molecule has 0 aliphatic heterocycles. The first-order valence-electron chi connectivity index (χ1n) is 8.57. The number of rotatable bonds is 6. The smallest absolute Gasteiger partial charge is 0.413 e. The highest BCUT2D eigenvalue weighted by Gasteiger charge is 2.18. The van der Waals surface area contributed by atoms with Crippen molar-refractivity contribution < 1.29 is 14.3 Å². The van der Waals surface area contributed by atoms with Crippen LogP contribution in [0.2, 0.25) is 5.02 Å². The fourth-order valence-corrected chi connectivity index (χ4v) is 3.57. The summed E-state index contributed by atoms with van der Waals surface area (Å²) in [7, 11) is 0. The van der Waals surface area contributed by atoms with Crippen molar-refractivity contribution in [3.05, 3.63) is 65.8 Å². The topological polar surface area (TPSA) is 73.2 Å². The van der Waals surface area contributed by atoms with Crippen LogP contribution in [0.5, 0.6) is 0 Å². The van der Waals surface area contributed by atoms with E-state index in [0.29, 0.717) is 10.2 Å². The fourth-order valence-electron chi connectivity index (χ4n) is 2.56. The third-order valence-corrected chi connectivity index (χ3v) is 5.01. The van der Waals surface area contributed by atoms with Gasteiger partial charge in [-0.15, -0.1) is 0 Å². The van der Waals surface area contributed by atoms with Crippen LogP contribution < -0.4 is 5.32 Å². The number of halogens is 1. The van der Waals surface area contributed by atoms with Gasteiger partial charge in [0.15, 0.2) is 5.16 Å². The molecular formula is C20H18ClN3O3S. The Morgan fingerprint density at radius 1 is 1.14 bits per heavy atom. The number of benzene rings is 2. The molecule has 0 bridgehead atoms. The number of imidazole rings is 1. The second-order valence-electron chi connectivity index (χ2n) is 5.64. The Labute approximate surface area is 171 Å². The number of thioether (sulfide) groups is 1. The summed E-state index contributed by atoms with van der Waals surface area (Å²) >= 11 is 7.62. The molecule has 0 saturated heterocycles. The lowest BCUT2D eigenvalue weighted by Crippen LogP contribution is -2.32. The minimum absolute atomic E-state index is 0.00844. The maximum absolute atomic E-state index is 12.0. The number of alkyl carbamates (subject to hydrolysis) is 1. The number of hydrogen-bond donors (Lipinski definition) is 1. The van der Waals surface area contributed by atoms with E-state index in [4.69, 9.17) is 16.3 Å². The molecule has 0 saturated carbocycles. The highest BCUT2D eigenvalue weighted by molar-refractivity contribution is 7.99. The second kappa shape index (κ2) is 9.43. The second-order valence-corrected chi connectivity index (χ2v) is 6.99. The maximum Gasteiger partial charge on any atom is 0.413 e. The van der Waals surface area contributed by atoms with Crippen molar-refractivity contribution in [2.45, 2.75) is 12.1 Å². The predicted molar refractivity (Wildman–Crippen MR) is 110 cm³/mol. The van der Waals surface area contributed by atoms with Crippen LogP contribution in [-0.4, -0.2) is 33.9 Å². The van der Waals surface area contributed by atoms with Crippen molar-refractivity contribution >= 4 is 35.4 Å². The molecule has 0 fully saturated rings. The zero-order valence-corrected chi connectivity index (χ0v) is 16.7. The first-order valence-corrected chi connectivity index (χ1v) is 9.94. The van der Waals surface area contributed by atoms with Crippen LogP contribution in [0.25, 0.3) is 16.9 Å². The summed E-state index contributed by atoms with van der Waals surface area (Å²) in [6.45, 7) is 1.87. The average molecular weight is 416 g/mol. The van der Waals surface area contributed by atoms with E-state index in [0.717, 1.165) is 16.9 Å². The summed E-state index contributed by atoms with van der Waals surface area (Å²) in [4.78, 5) is 27.9. The standard InChI is InChI=1S/C20H18ClN3O3S/c1-2-27-20(26)23-18(25)13-28-19-22-12-17(14-8-4-3-5-9-14)24(19)16-11-7-6-10-15(16)21/h3-12H,2,13H2,1H3,(H,23,25,26). The van der Waals surface area contributed by atoms with Gasteiger partial charge < -0.3 is 4.74 Å². The monoisotopic (exact) mass is 415 g/mol. The van der Waals surface area contributed by atoms with Gasteiger partial charge in [-0.25, -0.2) is 9.78 Å². The Balaban J connectivity index is 1.90. The van der Waals surface area contributed by atoms with Crippen LogP contribution >= 0.6 is 23.4 Å². The van der Waals surface area contributed by atoms with Gasteiger partial charge in [-0.3, -0.25) is 14.7 Å². The zero-order valence-electron chi connectivity index (χ0n) is 15.1. The van der Waals surface area contributed by atoms with Gasteiger partial charge in [-0.1, -0.05) is 65.8 Å². The molecule has 1 aromatic heterocycles. The summed E-state index contributed by atoms with van der Waals surface area (Å²) in [5, 5.41) is 3.33. The summed E-state index contributed by atoms with van der Waals surface area (Å²) < 4.78 is 6.62. The lowest BCUT2D eigenvalue weighted by molar-refractivity contribution is -0.117. The molecule has 0 radical (unpaired) electrons. The van der Waals surface area contributed by atoms with Crippen LogP contribution in [0.4, 0.5) is 4.79 Å². The molecule has 1 N–H and O–H groups in total. The van der Waals surface area contributed by atoms with Gasteiger partial charge in [0.25, 0.3) is 0 Å². The Morgan fingerprint density at radius 2 is 1.86 bits per heavy atom. The molecule has 0 unspecified atom stereocenters. The number of ether oxygens (including phenoxy) is 1. The zero-order chi connectivity index (χ0) is 19.9. The van der Waals surface area contributed by atoms with Gasteiger partial charge in [-0.05, 0) is 19.1 Å². The number of hydrogen-bond acceptors (Lipinski definition) is 5. The Morgan fingerprint density at radius 3 is 2.57 bits per heavy atom. The molecule has 0 aliphatic carbocycles. The maximum atomic E-state index is 12.0. The lowest BCUT2D eigenvalue weighted by Gasteiger charge is -2.13. The van der Waals surface area contributed by atoms with Crippen LogP contribution in [-0.2, 0) is 9.53 Å². The van der Waals surface area contributed by atoms with Crippen molar-refractivity contribution in [2.24, 2.45) is 0 Å². The molecule has 2 amide bonds. The molecular weight excluding hydrogens is 398 g/mol. The molecule has 1 heterocycles. The number of amides is 2. The van der Waals surface area contributed by atoms with E-state index in [1.165, 1.54) is 11.8 Å². The minimum Gasteiger partial charge on any atom is -0.450 e. The predicted octanol–water partition coefficient (Wildman–Crippen LogP) is 4.56. The molecule has 8 heteroatoms. The number of carbonyl (C=O) groups excluding carboxylic acids is 2. The molecule has 0 aliphatic rings. The van der Waals surface area contributed by atoms with E-state index in [1.54, 1.807) is 19.2 Å². The van der Waals surface area contributed by atoms with Crippen LogP contribution in [0.15, 0.2) is 66.0 Å². The summed E-state index contributed by atoms with van der Waals surface area (Å²) in [6, 6.07) is 17.2. The summed E-state index contributed by atoms with van der Waals surface area (Å²) in [6.07, 6.45) is 0.983. The molecule has 28 heavy (non-hydrogen) atoms. The number of carbonyl (C=O) groups is 2. The molecule has 144 valence electrons. The molecule has 6 nitrogen and oxygen atoms in total. The van der Waals surface area contributed by atoms with Gasteiger partial charge >= 0.3 is 6.09 Å². The Hall–Kier alpha value is -2.77. The van der Waals surface area contributed by atoms with Crippen molar-refractivity contribution in [1.29, 1.82) is 0 Å². The number of nitrogens with zero attached hydrogens (tertiary/aromatic N) is 2. The van der Waals surface area contributed by atoms with E-state index >= 15 is 0 Å². The molecule has 3 rings (SSSR count). The Kier molecular flexibility index (Phi) is 6.73. The van der Waals surface area contributed by atoms with Crippen molar-refractivity contribution in [1.82, 2.24) is 14.9 Å². The van der Waals surface area contributed by atoms with E-state index in [2.05, 4.69) is 10.3 Å². The van der Waals surface area contributed by atoms with E-state index in [1.807, 2.05) is 53.1 Å². The van der Waals surface area contributed by atoms with Crippen LogP contribution in [0, 0.1) is 0 Å². The third kappa shape index (κ3) is 4.74. The summed E-state index contributed by atoms with van der Waals surface area (Å²) in [5.74, 6) is -0.451. The first-order chi connectivity index (χ1) is 13.6. The van der Waals surface area contributed by atoms with Gasteiger partial charge in [0.2, 0.25) is 5.91 Å². The van der Waals surface area contributed by atoms with Gasteiger partial charge in [0, 0.05) is 5.56 Å². The lowest BCUT2D eigenvalue weighted by atomic mass is 10.1. The van der Waals surface area contributed by atoms with Crippen LogP contribution in [0.3, 0.4) is 0 Å². The molecule has 2 aromatic carbocycles. The summed E-state index contributed by atoms with van der Waals surface area (Å²) in [5.41, 5.74) is 2.58. The quantitative estimate of drug-likeness (QED) is 0.597. The average Bonchev–Trinajstić information content (AvgIpc) is 3.11. The SMILES string of the molecule is CCOC(=O)NC(=O)CSc1ncc(-c2ccccc2)n1-c1ccccc1Cl. The Bertz CT molecular complexity index is 976. The third-order valence-electron chi connectivity index (χ3n) is 3.74. The minimum atomic E-state index is -0.757. The number of nitrogens with one attached hydrogen (secondary N) is 1. The normalized spacial score (nSPS) is 10.5. The molecule has 0 spiro atoms. The van der Waals surface area contributed by atoms with E-state index < -0.39 is 12.0 Å². The van der Waals surface area contributed by atoms with E-state index in [9.17, 15) is 9.59 Å². The molecule has 3 aromatic rings. The largest absolute Gasteiger partial charge is 0.450 e. The molecule has 0 atom stereocenters. The van der Waals surface area contributed by atoms with Crippen molar-refractivity contribution in [2.75, 3.05) is 12.4 Å². The first kappa shape index (κ1) is 20.0. The van der Waals surface area contributed by atoms with Gasteiger partial charge in [-0.2, -0.15) is 0 Å². The highest BCUT2D eigenvalue weighted by Crippen LogP contribution is 2.32. The highest BCUT2D eigenvalue weighted by atomic mass is 35.5. The number of imide groups is 1. The number of aromatic nitrogens is 2. The fraction of sp³-hybridized carbons (Fsp3) is 0.150. The van der Waals surface area contributed by atoms with E-state index in [-0.39, 0.29) is 12.4 Å². The number of para-hydroxylation sites is 1. The van der Waals surface area contributed by atoms with Gasteiger partial charge in [0.1, 0.15) is 0 Å². The van der Waals surface area contributed by atoms with Crippen LogP contribution in [0.1, 0.15) is 6.92 Å². The van der Waals surface area contributed by atoms with Crippen molar-refractivity contribution in [3.63, 3.8) is 0 Å².